The van der Waals surface area contributed by atoms with Crippen molar-refractivity contribution in [2.24, 2.45) is 11.7 Å². The molecule has 24 heavy (non-hydrogen) atoms. The van der Waals surface area contributed by atoms with Gasteiger partial charge in [-0.2, -0.15) is 0 Å². The molecule has 2 aromatic rings. The predicted molar refractivity (Wildman–Crippen MR) is 93.4 cm³/mol. The summed E-state index contributed by atoms with van der Waals surface area (Å²) in [5.74, 6) is 0.270. The zero-order valence-electron chi connectivity index (χ0n) is 12.8. The number of nitrogens with zero attached hydrogens (tertiary/aromatic N) is 2. The normalized spacial score (nSPS) is 17.3. The van der Waals surface area contributed by atoms with Gasteiger partial charge in [0.05, 0.1) is 0 Å². The average Bonchev–Trinajstić information content (AvgIpc) is 3.02. The van der Waals surface area contributed by atoms with Gasteiger partial charge in [-0.15, -0.1) is 0 Å². The minimum atomic E-state index is -0.489. The Hall–Kier alpha value is -1.89. The molecule has 0 radical (unpaired) electrons. The summed E-state index contributed by atoms with van der Waals surface area (Å²) >= 11 is 11.9. The number of benzene rings is 1. The van der Waals surface area contributed by atoms with Crippen LogP contribution < -0.4 is 11.3 Å². The number of amides is 1. The van der Waals surface area contributed by atoms with Gasteiger partial charge in [0.2, 0.25) is 0 Å². The number of nitrogens with one attached hydrogen (secondary N) is 1. The molecule has 2 heterocycles. The summed E-state index contributed by atoms with van der Waals surface area (Å²) in [6.45, 7) is 1.71. The third kappa shape index (κ3) is 3.45. The highest BCUT2D eigenvalue weighted by Gasteiger charge is 2.27. The van der Waals surface area contributed by atoms with Gasteiger partial charge in [-0.3, -0.25) is 9.59 Å². The second-order valence-electron chi connectivity index (χ2n) is 5.77. The largest absolute Gasteiger partial charge is 0.338 e. The quantitative estimate of drug-likeness (QED) is 0.870. The van der Waals surface area contributed by atoms with E-state index in [2.05, 4.69) is 9.97 Å². The van der Waals surface area contributed by atoms with Crippen molar-refractivity contribution in [1.82, 2.24) is 14.9 Å². The first-order valence-electron chi connectivity index (χ1n) is 7.53. The van der Waals surface area contributed by atoms with Crippen molar-refractivity contribution in [1.29, 1.82) is 0 Å². The molecule has 8 heteroatoms. The number of hydrogen-bond donors (Lipinski definition) is 2. The molecule has 1 atom stereocenters. The smallest absolute Gasteiger partial charge is 0.264 e. The predicted octanol–water partition coefficient (Wildman–Crippen LogP) is 2.16. The van der Waals surface area contributed by atoms with Crippen molar-refractivity contribution in [3.8, 4) is 11.4 Å². The lowest BCUT2D eigenvalue weighted by molar-refractivity contribution is 0.0785. The van der Waals surface area contributed by atoms with Gasteiger partial charge in [0.15, 0.2) is 0 Å². The molecule has 0 bridgehead atoms. The lowest BCUT2D eigenvalue weighted by atomic mass is 10.1. The van der Waals surface area contributed by atoms with Gasteiger partial charge in [0.25, 0.3) is 11.5 Å². The number of likely N-dealkylation sites (tertiary alicyclic amines) is 1. The lowest BCUT2D eigenvalue weighted by Crippen LogP contribution is -2.34. The Morgan fingerprint density at radius 3 is 2.62 bits per heavy atom. The molecule has 0 saturated carbocycles. The molecule has 1 amide bonds. The van der Waals surface area contributed by atoms with E-state index in [0.717, 1.165) is 6.42 Å². The molecule has 0 spiro atoms. The third-order valence-electron chi connectivity index (χ3n) is 4.07. The highest BCUT2D eigenvalue weighted by Crippen LogP contribution is 2.24. The van der Waals surface area contributed by atoms with Crippen LogP contribution in [0.15, 0.2) is 29.2 Å². The Morgan fingerprint density at radius 1 is 1.33 bits per heavy atom. The number of H-pyrrole nitrogens is 1. The van der Waals surface area contributed by atoms with Crippen molar-refractivity contribution in [3.05, 3.63) is 50.4 Å². The molecule has 6 nitrogen and oxygen atoms in total. The molecule has 0 unspecified atom stereocenters. The molecule has 1 aliphatic heterocycles. The monoisotopic (exact) mass is 366 g/mol. The SMILES string of the molecule is NC[C@@H]1CCN(C(=O)c2cnc(-c3cc(Cl)cc(Cl)c3)[nH]c2=O)C1. The fourth-order valence-electron chi connectivity index (χ4n) is 2.76. The first-order chi connectivity index (χ1) is 11.5. The Bertz CT molecular complexity index is 817. The molecular weight excluding hydrogens is 351 g/mol. The topological polar surface area (TPSA) is 92.1 Å². The Morgan fingerprint density at radius 2 is 2.04 bits per heavy atom. The second-order valence-corrected chi connectivity index (χ2v) is 6.65. The standard InChI is InChI=1S/C16H16Cl2N4O2/c17-11-3-10(4-12(18)5-11)14-20-7-13(15(23)21-14)16(24)22-2-1-9(6-19)8-22/h3-5,7,9H,1-2,6,8,19H2,(H,20,21,23)/t9-/m0/s1. The number of nitrogens with two attached hydrogens (primary N) is 1. The molecule has 3 rings (SSSR count). The molecule has 1 aromatic carbocycles. The van der Waals surface area contributed by atoms with E-state index in [9.17, 15) is 9.59 Å². The van der Waals surface area contributed by atoms with Gasteiger partial charge >= 0.3 is 0 Å². The van der Waals surface area contributed by atoms with Crippen LogP contribution in [-0.2, 0) is 0 Å². The number of carbonyl (C=O) groups is 1. The maximum atomic E-state index is 12.5. The molecule has 1 fully saturated rings. The van der Waals surface area contributed by atoms with Gasteiger partial charge < -0.3 is 15.6 Å². The highest BCUT2D eigenvalue weighted by atomic mass is 35.5. The summed E-state index contributed by atoms with van der Waals surface area (Å²) in [4.78, 5) is 33.2. The summed E-state index contributed by atoms with van der Waals surface area (Å²) in [6.07, 6.45) is 2.15. The van der Waals surface area contributed by atoms with Crippen LogP contribution in [0.3, 0.4) is 0 Å². The van der Waals surface area contributed by atoms with E-state index in [1.807, 2.05) is 0 Å². The van der Waals surface area contributed by atoms with Crippen molar-refractivity contribution >= 4 is 29.1 Å². The van der Waals surface area contributed by atoms with Crippen molar-refractivity contribution in [2.45, 2.75) is 6.42 Å². The van der Waals surface area contributed by atoms with Gasteiger partial charge in [0.1, 0.15) is 11.4 Å². The molecule has 1 saturated heterocycles. The van der Waals surface area contributed by atoms with E-state index >= 15 is 0 Å². The summed E-state index contributed by atoms with van der Waals surface area (Å²) in [5.41, 5.74) is 5.74. The minimum absolute atomic E-state index is 0.0181. The fraction of sp³-hybridized carbons (Fsp3) is 0.312. The summed E-state index contributed by atoms with van der Waals surface area (Å²) < 4.78 is 0. The Labute approximate surface area is 148 Å². The third-order valence-corrected chi connectivity index (χ3v) is 4.51. The van der Waals surface area contributed by atoms with Crippen LogP contribution in [-0.4, -0.2) is 40.4 Å². The number of halogens is 2. The minimum Gasteiger partial charge on any atom is -0.338 e. The van der Waals surface area contributed by atoms with Crippen LogP contribution >= 0.6 is 23.2 Å². The van der Waals surface area contributed by atoms with Crippen molar-refractivity contribution in [3.63, 3.8) is 0 Å². The first-order valence-corrected chi connectivity index (χ1v) is 8.28. The maximum Gasteiger partial charge on any atom is 0.264 e. The van der Waals surface area contributed by atoms with Gasteiger partial charge in [0, 0.05) is 34.9 Å². The van der Waals surface area contributed by atoms with Gasteiger partial charge in [-0.05, 0) is 37.1 Å². The van der Waals surface area contributed by atoms with Gasteiger partial charge in [-0.25, -0.2) is 4.98 Å². The highest BCUT2D eigenvalue weighted by molar-refractivity contribution is 6.35. The average molecular weight is 367 g/mol. The Balaban J connectivity index is 1.87. The van der Waals surface area contributed by atoms with Crippen LogP contribution in [0, 0.1) is 5.92 Å². The number of hydrogen-bond acceptors (Lipinski definition) is 4. The fourth-order valence-corrected chi connectivity index (χ4v) is 3.29. The molecule has 3 N–H and O–H groups in total. The van der Waals surface area contributed by atoms with Crippen LogP contribution in [0.2, 0.25) is 10.0 Å². The summed E-state index contributed by atoms with van der Waals surface area (Å²) in [7, 11) is 0. The van der Waals surface area contributed by atoms with Crippen molar-refractivity contribution < 1.29 is 4.79 Å². The van der Waals surface area contributed by atoms with E-state index in [4.69, 9.17) is 28.9 Å². The van der Waals surface area contributed by atoms with E-state index in [0.29, 0.717) is 41.1 Å². The first kappa shape index (κ1) is 17.0. The van der Waals surface area contributed by atoms with Crippen molar-refractivity contribution in [2.75, 3.05) is 19.6 Å². The van der Waals surface area contributed by atoms with Crippen LogP contribution in [0.4, 0.5) is 0 Å². The lowest BCUT2D eigenvalue weighted by Gasteiger charge is -2.15. The molecule has 0 aliphatic carbocycles. The van der Waals surface area contributed by atoms with Crippen LogP contribution in [0.25, 0.3) is 11.4 Å². The molecular formula is C16H16Cl2N4O2. The Kier molecular flexibility index (Phi) is 4.89. The van der Waals surface area contributed by atoms with E-state index in [1.54, 1.807) is 23.1 Å². The second kappa shape index (κ2) is 6.93. The van der Waals surface area contributed by atoms with Crippen LogP contribution in [0.1, 0.15) is 16.8 Å². The van der Waals surface area contributed by atoms with E-state index in [1.165, 1.54) is 6.20 Å². The zero-order chi connectivity index (χ0) is 17.3. The number of aromatic nitrogens is 2. The summed E-state index contributed by atoms with van der Waals surface area (Å²) in [5, 5.41) is 0.871. The molecule has 1 aliphatic rings. The zero-order valence-corrected chi connectivity index (χ0v) is 14.3. The maximum absolute atomic E-state index is 12.5. The van der Waals surface area contributed by atoms with Gasteiger partial charge in [-0.1, -0.05) is 23.2 Å². The number of rotatable bonds is 3. The van der Waals surface area contributed by atoms with E-state index < -0.39 is 5.56 Å². The number of aromatic amines is 1. The van der Waals surface area contributed by atoms with E-state index in [-0.39, 0.29) is 17.4 Å². The molecule has 1 aromatic heterocycles. The molecule has 126 valence electrons. The number of carbonyl (C=O) groups excluding carboxylic acids is 1. The summed E-state index contributed by atoms with van der Waals surface area (Å²) in [6, 6.07) is 4.86. The van der Waals surface area contributed by atoms with Crippen LogP contribution in [0.5, 0.6) is 0 Å².